The van der Waals surface area contributed by atoms with Gasteiger partial charge in [0.15, 0.2) is 0 Å². The van der Waals surface area contributed by atoms with Gasteiger partial charge in [0.1, 0.15) is 0 Å². The Morgan fingerprint density at radius 1 is 1.33 bits per heavy atom. The van der Waals surface area contributed by atoms with E-state index in [1.165, 1.54) is 4.90 Å². The Morgan fingerprint density at radius 2 is 2.00 bits per heavy atom. The maximum absolute atomic E-state index is 12.1. The molecule has 0 saturated carbocycles. The van der Waals surface area contributed by atoms with Crippen molar-refractivity contribution in [1.29, 1.82) is 0 Å². The van der Waals surface area contributed by atoms with Crippen molar-refractivity contribution in [3.05, 3.63) is 0 Å². The van der Waals surface area contributed by atoms with E-state index in [2.05, 4.69) is 4.90 Å². The van der Waals surface area contributed by atoms with E-state index in [1.54, 1.807) is 7.05 Å². The van der Waals surface area contributed by atoms with Crippen molar-refractivity contribution >= 4 is 12.0 Å². The van der Waals surface area contributed by atoms with E-state index in [1.807, 2.05) is 19.0 Å². The molecule has 0 bridgehead atoms. The highest BCUT2D eigenvalue weighted by Crippen LogP contribution is 2.15. The third-order valence-corrected chi connectivity index (χ3v) is 3.38. The van der Waals surface area contributed by atoms with Crippen LogP contribution in [0.25, 0.3) is 0 Å². The lowest BCUT2D eigenvalue weighted by Crippen LogP contribution is -2.51. The molecule has 0 aliphatic carbocycles. The van der Waals surface area contributed by atoms with Gasteiger partial charge in [0, 0.05) is 32.7 Å². The van der Waals surface area contributed by atoms with Crippen LogP contribution in [-0.4, -0.2) is 78.6 Å². The van der Waals surface area contributed by atoms with Gasteiger partial charge < -0.3 is 19.8 Å². The summed E-state index contributed by atoms with van der Waals surface area (Å²) in [6.07, 6.45) is 2.10. The third kappa shape index (κ3) is 4.18. The van der Waals surface area contributed by atoms with Gasteiger partial charge in [-0.2, -0.15) is 0 Å². The molecule has 1 heterocycles. The number of rotatable bonds is 4. The fraction of sp³-hybridized carbons (Fsp3) is 0.833. The fourth-order valence-electron chi connectivity index (χ4n) is 2.15. The molecule has 1 aliphatic rings. The van der Waals surface area contributed by atoms with Gasteiger partial charge in [-0.1, -0.05) is 0 Å². The summed E-state index contributed by atoms with van der Waals surface area (Å²) < 4.78 is 0. The van der Waals surface area contributed by atoms with Crippen molar-refractivity contribution in [3.8, 4) is 0 Å². The predicted molar refractivity (Wildman–Crippen MR) is 68.6 cm³/mol. The first-order valence-corrected chi connectivity index (χ1v) is 6.30. The van der Waals surface area contributed by atoms with Crippen LogP contribution < -0.4 is 0 Å². The van der Waals surface area contributed by atoms with Crippen molar-refractivity contribution in [1.82, 2.24) is 14.7 Å². The Balaban J connectivity index is 2.47. The second-order valence-corrected chi connectivity index (χ2v) is 5.05. The van der Waals surface area contributed by atoms with E-state index in [0.717, 1.165) is 25.9 Å². The monoisotopic (exact) mass is 257 g/mol. The maximum Gasteiger partial charge on any atom is 0.319 e. The third-order valence-electron chi connectivity index (χ3n) is 3.38. The molecule has 0 spiro atoms. The van der Waals surface area contributed by atoms with E-state index in [-0.39, 0.29) is 19.0 Å². The van der Waals surface area contributed by atoms with E-state index in [9.17, 15) is 9.59 Å². The molecule has 1 unspecified atom stereocenters. The molecular weight excluding hydrogens is 234 g/mol. The molecule has 0 aromatic carbocycles. The Bertz CT molecular complexity index is 307. The number of carboxylic acid groups (broad SMARTS) is 1. The molecule has 1 fully saturated rings. The van der Waals surface area contributed by atoms with Crippen molar-refractivity contribution in [2.45, 2.75) is 25.3 Å². The van der Waals surface area contributed by atoms with Gasteiger partial charge in [-0.15, -0.1) is 0 Å². The summed E-state index contributed by atoms with van der Waals surface area (Å²) in [5.41, 5.74) is 0. The van der Waals surface area contributed by atoms with Gasteiger partial charge in [0.2, 0.25) is 0 Å². The number of hydrogen-bond donors (Lipinski definition) is 1. The number of piperidine rings is 1. The molecule has 6 heteroatoms. The average Bonchev–Trinajstić information content (AvgIpc) is 2.35. The standard InChI is InChI=1S/C12H23N3O3/c1-13(2)10-5-4-7-15(9-10)12(18)14(3)8-6-11(16)17/h10H,4-9H2,1-3H3,(H,16,17). The van der Waals surface area contributed by atoms with Crippen LogP contribution in [0.1, 0.15) is 19.3 Å². The molecule has 1 N–H and O–H groups in total. The number of likely N-dealkylation sites (N-methyl/N-ethyl adjacent to an activating group) is 1. The zero-order chi connectivity index (χ0) is 13.7. The highest BCUT2D eigenvalue weighted by Gasteiger charge is 2.26. The number of amides is 2. The number of carbonyl (C=O) groups excluding carboxylic acids is 1. The number of carbonyl (C=O) groups is 2. The Labute approximate surface area is 108 Å². The SMILES string of the molecule is CN(CCC(=O)O)C(=O)N1CCCC(N(C)C)C1. The van der Waals surface area contributed by atoms with Crippen LogP contribution in [0.5, 0.6) is 0 Å². The zero-order valence-electron chi connectivity index (χ0n) is 11.4. The van der Waals surface area contributed by atoms with Crippen LogP contribution in [0.4, 0.5) is 4.79 Å². The van der Waals surface area contributed by atoms with Gasteiger partial charge in [-0.3, -0.25) is 4.79 Å². The molecule has 1 saturated heterocycles. The summed E-state index contributed by atoms with van der Waals surface area (Å²) in [6, 6.07) is 0.332. The minimum Gasteiger partial charge on any atom is -0.481 e. The van der Waals surface area contributed by atoms with Crippen LogP contribution in [-0.2, 0) is 4.79 Å². The van der Waals surface area contributed by atoms with Gasteiger partial charge >= 0.3 is 12.0 Å². The number of hydrogen-bond acceptors (Lipinski definition) is 3. The van der Waals surface area contributed by atoms with Crippen LogP contribution in [0.2, 0.25) is 0 Å². The zero-order valence-corrected chi connectivity index (χ0v) is 11.4. The highest BCUT2D eigenvalue weighted by molar-refractivity contribution is 5.75. The van der Waals surface area contributed by atoms with Crippen molar-refractivity contribution in [3.63, 3.8) is 0 Å². The molecule has 104 valence electrons. The number of likely N-dealkylation sites (tertiary alicyclic amines) is 1. The van der Waals surface area contributed by atoms with Crippen LogP contribution in [0, 0.1) is 0 Å². The first-order valence-electron chi connectivity index (χ1n) is 6.30. The van der Waals surface area contributed by atoms with Crippen molar-refractivity contribution < 1.29 is 14.7 Å². The van der Waals surface area contributed by atoms with E-state index in [0.29, 0.717) is 6.04 Å². The number of urea groups is 1. The Hall–Kier alpha value is -1.30. The molecule has 18 heavy (non-hydrogen) atoms. The fourth-order valence-corrected chi connectivity index (χ4v) is 2.15. The van der Waals surface area contributed by atoms with Crippen LogP contribution in [0.15, 0.2) is 0 Å². The molecule has 0 radical (unpaired) electrons. The maximum atomic E-state index is 12.1. The van der Waals surface area contributed by atoms with Crippen molar-refractivity contribution in [2.24, 2.45) is 0 Å². The summed E-state index contributed by atoms with van der Waals surface area (Å²) in [4.78, 5) is 28.0. The quantitative estimate of drug-likeness (QED) is 0.798. The van der Waals surface area contributed by atoms with Gasteiger partial charge in [0.25, 0.3) is 0 Å². The molecule has 6 nitrogen and oxygen atoms in total. The van der Waals surface area contributed by atoms with E-state index >= 15 is 0 Å². The van der Waals surface area contributed by atoms with Crippen LogP contribution in [0.3, 0.4) is 0 Å². The van der Waals surface area contributed by atoms with E-state index in [4.69, 9.17) is 5.11 Å². The molecular formula is C12H23N3O3. The van der Waals surface area contributed by atoms with E-state index < -0.39 is 5.97 Å². The van der Waals surface area contributed by atoms with Crippen LogP contribution >= 0.6 is 0 Å². The lowest BCUT2D eigenvalue weighted by molar-refractivity contribution is -0.137. The number of aliphatic carboxylic acids is 1. The first kappa shape index (κ1) is 14.8. The number of nitrogens with zero attached hydrogens (tertiary/aromatic N) is 3. The first-order chi connectivity index (χ1) is 8.41. The molecule has 0 aromatic heterocycles. The Kier molecular flexibility index (Phi) is 5.40. The largest absolute Gasteiger partial charge is 0.481 e. The molecule has 0 aromatic rings. The second-order valence-electron chi connectivity index (χ2n) is 5.05. The minimum atomic E-state index is -0.875. The molecule has 1 atom stereocenters. The Morgan fingerprint density at radius 3 is 2.56 bits per heavy atom. The van der Waals surface area contributed by atoms with Gasteiger partial charge in [-0.25, -0.2) is 4.79 Å². The lowest BCUT2D eigenvalue weighted by Gasteiger charge is -2.37. The summed E-state index contributed by atoms with van der Waals surface area (Å²) in [6.45, 7) is 1.75. The lowest BCUT2D eigenvalue weighted by atomic mass is 10.1. The average molecular weight is 257 g/mol. The van der Waals surface area contributed by atoms with Crippen molar-refractivity contribution in [2.75, 3.05) is 40.8 Å². The summed E-state index contributed by atoms with van der Waals surface area (Å²) in [5.74, 6) is -0.875. The predicted octanol–water partition coefficient (Wildman–Crippen LogP) is 0.539. The molecule has 2 amide bonds. The normalized spacial score (nSPS) is 20.0. The smallest absolute Gasteiger partial charge is 0.319 e. The second kappa shape index (κ2) is 6.58. The summed E-state index contributed by atoms with van der Waals surface area (Å²) >= 11 is 0. The summed E-state index contributed by atoms with van der Waals surface area (Å²) in [7, 11) is 5.70. The molecule has 1 aliphatic heterocycles. The topological polar surface area (TPSA) is 64.1 Å². The van der Waals surface area contributed by atoms with Gasteiger partial charge in [-0.05, 0) is 26.9 Å². The minimum absolute atomic E-state index is 0.00676. The van der Waals surface area contributed by atoms with Gasteiger partial charge in [0.05, 0.1) is 6.42 Å². The number of carboxylic acids is 1. The molecule has 1 rings (SSSR count). The summed E-state index contributed by atoms with van der Waals surface area (Å²) in [5, 5.41) is 8.61. The highest BCUT2D eigenvalue weighted by atomic mass is 16.4.